The second-order valence-electron chi connectivity index (χ2n) is 9.05. The predicted molar refractivity (Wildman–Crippen MR) is 119 cm³/mol. The van der Waals surface area contributed by atoms with Gasteiger partial charge in [0.25, 0.3) is 0 Å². The first kappa shape index (κ1) is 19.8. The zero-order valence-corrected chi connectivity index (χ0v) is 18.2. The van der Waals surface area contributed by atoms with Crippen LogP contribution in [0.25, 0.3) is 5.65 Å². The summed E-state index contributed by atoms with van der Waals surface area (Å²) in [4.78, 5) is 52.7. The van der Waals surface area contributed by atoms with Gasteiger partial charge in [0.05, 0.1) is 17.1 Å². The van der Waals surface area contributed by atoms with Crippen LogP contribution in [0.5, 0.6) is 0 Å². The summed E-state index contributed by atoms with van der Waals surface area (Å²) in [5, 5.41) is 2.85. The van der Waals surface area contributed by atoms with Crippen LogP contribution >= 0.6 is 0 Å². The van der Waals surface area contributed by atoms with E-state index in [9.17, 15) is 14.4 Å². The summed E-state index contributed by atoms with van der Waals surface area (Å²) in [6.07, 6.45) is 9.97. The highest BCUT2D eigenvalue weighted by molar-refractivity contribution is 6.13. The second-order valence-corrected chi connectivity index (χ2v) is 9.05. The lowest BCUT2D eigenvalue weighted by atomic mass is 10.1. The van der Waals surface area contributed by atoms with E-state index >= 15 is 0 Å². The summed E-state index contributed by atoms with van der Waals surface area (Å²) >= 11 is 0. The van der Waals surface area contributed by atoms with Gasteiger partial charge in [0.15, 0.2) is 5.65 Å². The number of nitrogens with zero attached hydrogens (tertiary/aromatic N) is 6. The molecule has 3 fully saturated rings. The number of likely N-dealkylation sites (N-methyl/N-ethyl adjacent to an activating group) is 1. The first-order chi connectivity index (χ1) is 16.0. The highest BCUT2D eigenvalue weighted by Gasteiger charge is 2.36. The van der Waals surface area contributed by atoms with Crippen LogP contribution in [0.3, 0.4) is 0 Å². The molecule has 3 aromatic heterocycles. The van der Waals surface area contributed by atoms with E-state index in [2.05, 4.69) is 21.5 Å². The van der Waals surface area contributed by atoms with Crippen molar-refractivity contribution in [3.8, 4) is 0 Å². The molecule has 1 N–H and O–H groups in total. The molecule has 6 rings (SSSR count). The minimum absolute atomic E-state index is 0.000534. The number of aromatic nitrogens is 4. The van der Waals surface area contributed by atoms with E-state index in [0.29, 0.717) is 29.5 Å². The number of hydrogen-bond donors (Lipinski definition) is 1. The summed E-state index contributed by atoms with van der Waals surface area (Å²) in [5.41, 5.74) is 3.92. The lowest BCUT2D eigenvalue weighted by molar-refractivity contribution is -0.124. The number of pyridine rings is 1. The number of amides is 4. The van der Waals surface area contributed by atoms with Gasteiger partial charge in [-0.2, -0.15) is 0 Å². The van der Waals surface area contributed by atoms with E-state index in [1.54, 1.807) is 6.07 Å². The minimum atomic E-state index is -0.341. The van der Waals surface area contributed by atoms with E-state index in [4.69, 9.17) is 4.98 Å². The summed E-state index contributed by atoms with van der Waals surface area (Å²) in [6, 6.07) is 3.41. The molecule has 3 aliphatic rings. The average molecular weight is 445 g/mol. The highest BCUT2D eigenvalue weighted by atomic mass is 16.2. The second kappa shape index (κ2) is 7.36. The Labute approximate surface area is 189 Å². The molecule has 10 nitrogen and oxygen atoms in total. The molecule has 0 bridgehead atoms. The Morgan fingerprint density at radius 3 is 2.61 bits per heavy atom. The molecule has 0 aromatic carbocycles. The summed E-state index contributed by atoms with van der Waals surface area (Å²) in [7, 11) is 1.50. The van der Waals surface area contributed by atoms with Crippen molar-refractivity contribution in [2.45, 2.75) is 38.0 Å². The zero-order chi connectivity index (χ0) is 22.7. The van der Waals surface area contributed by atoms with Crippen molar-refractivity contribution >= 4 is 35.0 Å². The topological polar surface area (TPSA) is 113 Å². The summed E-state index contributed by atoms with van der Waals surface area (Å²) in [5.74, 6) is 0.828. The summed E-state index contributed by atoms with van der Waals surface area (Å²) in [6.45, 7) is 0.0112. The van der Waals surface area contributed by atoms with Crippen molar-refractivity contribution in [2.24, 2.45) is 5.92 Å². The Morgan fingerprint density at radius 1 is 1.09 bits per heavy atom. The lowest BCUT2D eigenvalue weighted by Gasteiger charge is -2.17. The molecular weight excluding hydrogens is 422 g/mol. The number of hydrogen-bond acceptors (Lipinski definition) is 6. The van der Waals surface area contributed by atoms with Crippen LogP contribution in [0.1, 0.15) is 48.6 Å². The predicted octanol–water partition coefficient (Wildman–Crippen LogP) is 2.34. The van der Waals surface area contributed by atoms with Gasteiger partial charge in [0, 0.05) is 37.8 Å². The number of rotatable bonds is 6. The van der Waals surface area contributed by atoms with Crippen molar-refractivity contribution in [1.82, 2.24) is 24.3 Å². The number of fused-ring (bicyclic) bond motifs is 1. The van der Waals surface area contributed by atoms with E-state index in [-0.39, 0.29) is 30.3 Å². The standard InChI is InChI=1S/C23H23N7O3/c1-28-20(31)11-30(23(28)33)18-6-15(13-2-3-13)9-29-10-17(26-21(18)29)7-16-8-19(25-12-24-16)27-22(32)14-4-5-14/h6,8-10,12-14H,2-5,7,11H2,1H3,(H,24,25,27,32). The fourth-order valence-corrected chi connectivity index (χ4v) is 4.18. The van der Waals surface area contributed by atoms with Crippen LogP contribution in [-0.2, 0) is 16.0 Å². The van der Waals surface area contributed by atoms with E-state index < -0.39 is 0 Å². The van der Waals surface area contributed by atoms with Crippen LogP contribution in [-0.4, -0.2) is 55.7 Å². The molecule has 10 heteroatoms. The lowest BCUT2D eigenvalue weighted by Crippen LogP contribution is -2.30. The molecule has 0 unspecified atom stereocenters. The third kappa shape index (κ3) is 3.71. The molecule has 2 aliphatic carbocycles. The molecule has 4 heterocycles. The van der Waals surface area contributed by atoms with E-state index in [0.717, 1.165) is 47.5 Å². The highest BCUT2D eigenvalue weighted by Crippen LogP contribution is 2.42. The zero-order valence-electron chi connectivity index (χ0n) is 18.2. The first-order valence-electron chi connectivity index (χ1n) is 11.2. The van der Waals surface area contributed by atoms with Crippen molar-refractivity contribution in [2.75, 3.05) is 23.8 Å². The fraction of sp³-hybridized carbons (Fsp3) is 0.391. The van der Waals surface area contributed by atoms with Crippen molar-refractivity contribution in [3.63, 3.8) is 0 Å². The maximum atomic E-state index is 12.7. The largest absolute Gasteiger partial charge is 0.331 e. The molecule has 1 aliphatic heterocycles. The number of imide groups is 1. The van der Waals surface area contributed by atoms with Crippen LogP contribution < -0.4 is 10.2 Å². The first-order valence-corrected chi connectivity index (χ1v) is 11.2. The van der Waals surface area contributed by atoms with Gasteiger partial charge in [-0.25, -0.2) is 19.7 Å². The maximum absolute atomic E-state index is 12.7. The van der Waals surface area contributed by atoms with Crippen molar-refractivity contribution in [3.05, 3.63) is 47.8 Å². The molecule has 2 saturated carbocycles. The Kier molecular flexibility index (Phi) is 4.42. The maximum Gasteiger partial charge on any atom is 0.331 e. The van der Waals surface area contributed by atoms with Gasteiger partial charge in [-0.15, -0.1) is 0 Å². The normalized spacial score (nSPS) is 18.5. The van der Waals surface area contributed by atoms with Crippen molar-refractivity contribution < 1.29 is 14.4 Å². The molecule has 33 heavy (non-hydrogen) atoms. The van der Waals surface area contributed by atoms with Crippen LogP contribution in [0.2, 0.25) is 0 Å². The molecule has 168 valence electrons. The molecule has 1 saturated heterocycles. The SMILES string of the molecule is CN1C(=O)CN(c2cc(C3CC3)cn3cc(Cc4cc(NC(=O)C5CC5)ncn4)nc23)C1=O. The number of urea groups is 1. The fourth-order valence-electron chi connectivity index (χ4n) is 4.18. The Balaban J connectivity index is 1.32. The van der Waals surface area contributed by atoms with Gasteiger partial charge >= 0.3 is 6.03 Å². The number of carbonyl (C=O) groups excluding carboxylic acids is 3. The van der Waals surface area contributed by atoms with Gasteiger partial charge in [0.1, 0.15) is 18.7 Å². The van der Waals surface area contributed by atoms with Gasteiger partial charge in [-0.05, 0) is 43.2 Å². The molecule has 3 aromatic rings. The number of carbonyl (C=O) groups is 3. The Morgan fingerprint density at radius 2 is 1.91 bits per heavy atom. The smallest absolute Gasteiger partial charge is 0.310 e. The molecule has 0 radical (unpaired) electrons. The third-order valence-electron chi connectivity index (χ3n) is 6.41. The average Bonchev–Trinajstić information content (AvgIpc) is 3.71. The Bertz CT molecular complexity index is 1310. The molecule has 4 amide bonds. The monoisotopic (exact) mass is 445 g/mol. The van der Waals surface area contributed by atoms with Crippen LogP contribution in [0.4, 0.5) is 16.3 Å². The van der Waals surface area contributed by atoms with E-state index in [1.165, 1.54) is 18.3 Å². The summed E-state index contributed by atoms with van der Waals surface area (Å²) < 4.78 is 1.94. The van der Waals surface area contributed by atoms with Gasteiger partial charge in [-0.3, -0.25) is 19.4 Å². The van der Waals surface area contributed by atoms with Gasteiger partial charge in [0.2, 0.25) is 11.8 Å². The third-order valence-corrected chi connectivity index (χ3v) is 6.41. The number of anilines is 2. The van der Waals surface area contributed by atoms with E-state index in [1.807, 2.05) is 16.7 Å². The number of imidazole rings is 1. The quantitative estimate of drug-likeness (QED) is 0.583. The van der Waals surface area contributed by atoms with Gasteiger partial charge < -0.3 is 9.72 Å². The van der Waals surface area contributed by atoms with Crippen molar-refractivity contribution in [1.29, 1.82) is 0 Å². The minimum Gasteiger partial charge on any atom is -0.310 e. The Hall–Kier alpha value is -3.82. The molecule has 0 spiro atoms. The molecule has 0 atom stereocenters. The van der Waals surface area contributed by atoms with Crippen LogP contribution in [0, 0.1) is 5.92 Å². The van der Waals surface area contributed by atoms with Crippen LogP contribution in [0.15, 0.2) is 30.9 Å². The number of nitrogens with one attached hydrogen (secondary N) is 1. The van der Waals surface area contributed by atoms with Gasteiger partial charge in [-0.1, -0.05) is 0 Å². The molecular formula is C23H23N7O3.